The number of hydrogen-bond donors (Lipinski definition) is 2. The molecule has 1 aliphatic heterocycles. The van der Waals surface area contributed by atoms with Crippen LogP contribution in [0.15, 0.2) is 53.7 Å². The summed E-state index contributed by atoms with van der Waals surface area (Å²) < 4.78 is 0. The molecule has 0 spiro atoms. The van der Waals surface area contributed by atoms with Gasteiger partial charge in [0.2, 0.25) is 0 Å². The van der Waals surface area contributed by atoms with Gasteiger partial charge in [-0.3, -0.25) is 14.9 Å². The molecule has 1 saturated heterocycles. The highest BCUT2D eigenvalue weighted by molar-refractivity contribution is 5.79. The lowest BCUT2D eigenvalue weighted by atomic mass is 10.1. The van der Waals surface area contributed by atoms with E-state index >= 15 is 0 Å². The average Bonchev–Trinajstić information content (AvgIpc) is 2.76. The number of nitrogens with one attached hydrogen (secondary N) is 2. The van der Waals surface area contributed by atoms with Gasteiger partial charge in [-0.25, -0.2) is 0 Å². The fourth-order valence-corrected chi connectivity index (χ4v) is 3.37. The van der Waals surface area contributed by atoms with Crippen molar-refractivity contribution in [1.29, 1.82) is 0 Å². The maximum Gasteiger partial charge on any atom is 0.191 e. The maximum atomic E-state index is 4.32. The molecule has 0 saturated carbocycles. The predicted molar refractivity (Wildman–Crippen MR) is 115 cm³/mol. The number of hydrogen-bond acceptors (Lipinski definition) is 4. The van der Waals surface area contributed by atoms with Crippen LogP contribution in [0.3, 0.4) is 0 Å². The molecule has 0 bridgehead atoms. The minimum absolute atomic E-state index is 0.657. The molecular weight excluding hydrogens is 348 g/mol. The van der Waals surface area contributed by atoms with E-state index in [2.05, 4.69) is 61.6 Å². The van der Waals surface area contributed by atoms with Crippen LogP contribution in [-0.4, -0.2) is 60.5 Å². The Hall–Kier alpha value is -2.44. The summed E-state index contributed by atoms with van der Waals surface area (Å²) in [5, 5.41) is 6.66. The van der Waals surface area contributed by atoms with Crippen LogP contribution in [0.1, 0.15) is 23.7 Å². The number of piperazine rings is 1. The Morgan fingerprint density at radius 1 is 0.929 bits per heavy atom. The maximum absolute atomic E-state index is 4.32. The fourth-order valence-electron chi connectivity index (χ4n) is 3.37. The quantitative estimate of drug-likeness (QED) is 0.569. The molecule has 0 unspecified atom stereocenters. The largest absolute Gasteiger partial charge is 0.352 e. The van der Waals surface area contributed by atoms with Gasteiger partial charge in [-0.2, -0.15) is 0 Å². The van der Waals surface area contributed by atoms with E-state index in [4.69, 9.17) is 0 Å². The highest BCUT2D eigenvalue weighted by Gasteiger charge is 2.15. The van der Waals surface area contributed by atoms with Gasteiger partial charge in [-0.1, -0.05) is 37.3 Å². The second-order valence-electron chi connectivity index (χ2n) is 7.13. The number of aromatic nitrogens is 1. The molecule has 3 rings (SSSR count). The molecule has 28 heavy (non-hydrogen) atoms. The van der Waals surface area contributed by atoms with E-state index in [1.54, 1.807) is 13.2 Å². The van der Waals surface area contributed by atoms with Gasteiger partial charge in [0.25, 0.3) is 0 Å². The minimum atomic E-state index is 0.657. The molecule has 1 aromatic carbocycles. The second-order valence-corrected chi connectivity index (χ2v) is 7.13. The van der Waals surface area contributed by atoms with Crippen molar-refractivity contribution in [1.82, 2.24) is 25.4 Å². The summed E-state index contributed by atoms with van der Waals surface area (Å²) in [4.78, 5) is 13.7. The molecule has 6 heteroatoms. The van der Waals surface area contributed by atoms with Crippen LogP contribution in [-0.2, 0) is 19.6 Å². The van der Waals surface area contributed by atoms with Crippen molar-refractivity contribution in [2.24, 2.45) is 4.99 Å². The number of guanidine groups is 1. The van der Waals surface area contributed by atoms with Crippen molar-refractivity contribution >= 4 is 5.96 Å². The first-order valence-electron chi connectivity index (χ1n) is 10.1. The minimum Gasteiger partial charge on any atom is -0.352 e. The van der Waals surface area contributed by atoms with Crippen LogP contribution in [0, 0.1) is 0 Å². The van der Waals surface area contributed by atoms with Crippen molar-refractivity contribution in [3.05, 3.63) is 65.5 Å². The van der Waals surface area contributed by atoms with Crippen LogP contribution in [0.5, 0.6) is 0 Å². The van der Waals surface area contributed by atoms with E-state index in [-0.39, 0.29) is 0 Å². The van der Waals surface area contributed by atoms with Crippen molar-refractivity contribution in [3.8, 4) is 0 Å². The number of pyridine rings is 1. The number of nitrogens with zero attached hydrogens (tertiary/aromatic N) is 4. The zero-order valence-electron chi connectivity index (χ0n) is 17.1. The molecule has 6 nitrogen and oxygen atoms in total. The lowest BCUT2D eigenvalue weighted by Crippen LogP contribution is -2.45. The summed E-state index contributed by atoms with van der Waals surface area (Å²) in [6.45, 7) is 10.5. The SMILES string of the molecule is CCN1CCN(Cc2ccc(CNC(=NC)NCc3ccccn3)cc2)CC1. The van der Waals surface area contributed by atoms with Crippen molar-refractivity contribution in [2.45, 2.75) is 26.6 Å². The molecule has 2 aromatic rings. The van der Waals surface area contributed by atoms with Crippen LogP contribution >= 0.6 is 0 Å². The Morgan fingerprint density at radius 2 is 1.61 bits per heavy atom. The third kappa shape index (κ3) is 6.32. The number of rotatable bonds is 7. The molecular formula is C22H32N6. The highest BCUT2D eigenvalue weighted by atomic mass is 15.3. The molecule has 2 N–H and O–H groups in total. The standard InChI is InChI=1S/C22H32N6/c1-3-27-12-14-28(15-13-27)18-20-9-7-19(8-10-20)16-25-22(23-2)26-17-21-6-4-5-11-24-21/h4-11H,3,12-18H2,1-2H3,(H2,23,25,26). The molecule has 1 aromatic heterocycles. The molecule has 150 valence electrons. The summed E-state index contributed by atoms with van der Waals surface area (Å²) in [6, 6.07) is 14.8. The Bertz CT molecular complexity index is 720. The Kier molecular flexibility index (Phi) is 7.82. The van der Waals surface area contributed by atoms with Gasteiger partial charge in [0.1, 0.15) is 0 Å². The van der Waals surface area contributed by atoms with Crippen molar-refractivity contribution in [2.75, 3.05) is 39.8 Å². The van der Waals surface area contributed by atoms with Gasteiger partial charge in [0.15, 0.2) is 5.96 Å². The van der Waals surface area contributed by atoms with E-state index in [0.29, 0.717) is 6.54 Å². The van der Waals surface area contributed by atoms with Crippen molar-refractivity contribution < 1.29 is 0 Å². The second kappa shape index (κ2) is 10.8. The van der Waals surface area contributed by atoms with E-state index in [1.807, 2.05) is 18.2 Å². The van der Waals surface area contributed by atoms with Crippen molar-refractivity contribution in [3.63, 3.8) is 0 Å². The molecule has 0 atom stereocenters. The number of aliphatic imine (C=N–C) groups is 1. The summed E-state index contributed by atoms with van der Waals surface area (Å²) in [7, 11) is 1.79. The Morgan fingerprint density at radius 3 is 2.25 bits per heavy atom. The monoisotopic (exact) mass is 380 g/mol. The normalized spacial score (nSPS) is 16.1. The number of benzene rings is 1. The molecule has 2 heterocycles. The first-order chi connectivity index (χ1) is 13.8. The molecule has 1 aliphatic rings. The van der Waals surface area contributed by atoms with E-state index in [1.165, 1.54) is 24.2 Å². The van der Waals surface area contributed by atoms with Gasteiger partial charge in [-0.15, -0.1) is 0 Å². The van der Waals surface area contributed by atoms with Crippen LogP contribution < -0.4 is 10.6 Å². The first-order valence-corrected chi connectivity index (χ1v) is 10.1. The highest BCUT2D eigenvalue weighted by Crippen LogP contribution is 2.10. The van der Waals surface area contributed by atoms with E-state index < -0.39 is 0 Å². The summed E-state index contributed by atoms with van der Waals surface area (Å²) in [6.07, 6.45) is 1.80. The summed E-state index contributed by atoms with van der Waals surface area (Å²) in [5.41, 5.74) is 3.63. The Labute approximate surface area is 168 Å². The molecule has 1 fully saturated rings. The molecule has 0 radical (unpaired) electrons. The fraction of sp³-hybridized carbons (Fsp3) is 0.455. The number of likely N-dealkylation sites (N-methyl/N-ethyl adjacent to an activating group) is 1. The van der Waals surface area contributed by atoms with Gasteiger partial charge >= 0.3 is 0 Å². The third-order valence-corrected chi connectivity index (χ3v) is 5.19. The Balaban J connectivity index is 1.42. The van der Waals surface area contributed by atoms with Gasteiger partial charge < -0.3 is 15.5 Å². The molecule has 0 aliphatic carbocycles. The van der Waals surface area contributed by atoms with Crippen LogP contribution in [0.25, 0.3) is 0 Å². The third-order valence-electron chi connectivity index (χ3n) is 5.19. The smallest absolute Gasteiger partial charge is 0.191 e. The first kappa shape index (κ1) is 20.3. The molecule has 0 amide bonds. The average molecular weight is 381 g/mol. The summed E-state index contributed by atoms with van der Waals surface area (Å²) in [5.74, 6) is 0.781. The van der Waals surface area contributed by atoms with Gasteiger partial charge in [-0.05, 0) is 29.8 Å². The summed E-state index contributed by atoms with van der Waals surface area (Å²) >= 11 is 0. The topological polar surface area (TPSA) is 55.8 Å². The zero-order valence-corrected chi connectivity index (χ0v) is 17.1. The lowest BCUT2D eigenvalue weighted by Gasteiger charge is -2.34. The van der Waals surface area contributed by atoms with E-state index in [0.717, 1.165) is 44.4 Å². The van der Waals surface area contributed by atoms with Crippen LogP contribution in [0.2, 0.25) is 0 Å². The van der Waals surface area contributed by atoms with Gasteiger partial charge in [0, 0.05) is 52.5 Å². The van der Waals surface area contributed by atoms with Gasteiger partial charge in [0.05, 0.1) is 12.2 Å². The van der Waals surface area contributed by atoms with Crippen LogP contribution in [0.4, 0.5) is 0 Å². The zero-order chi connectivity index (χ0) is 19.6. The lowest BCUT2D eigenvalue weighted by molar-refractivity contribution is 0.132. The predicted octanol–water partition coefficient (Wildman–Crippen LogP) is 2.08. The van der Waals surface area contributed by atoms with E-state index in [9.17, 15) is 0 Å².